The fourth-order valence-electron chi connectivity index (χ4n) is 3.14. The van der Waals surface area contributed by atoms with E-state index in [1.54, 1.807) is 11.3 Å². The highest BCUT2D eigenvalue weighted by atomic mass is 32.2. The minimum Gasteiger partial charge on any atom is -0.325 e. The summed E-state index contributed by atoms with van der Waals surface area (Å²) in [6, 6.07) is 9.56. The van der Waals surface area contributed by atoms with Crippen molar-refractivity contribution in [1.82, 2.24) is 9.97 Å². The predicted octanol–water partition coefficient (Wildman–Crippen LogP) is 4.61. The van der Waals surface area contributed by atoms with Crippen molar-refractivity contribution in [3.05, 3.63) is 46.6 Å². The van der Waals surface area contributed by atoms with Crippen LogP contribution in [0.5, 0.6) is 0 Å². The Hall–Kier alpha value is -1.92. The summed E-state index contributed by atoms with van der Waals surface area (Å²) in [5, 5.41) is 4.86. The van der Waals surface area contributed by atoms with Gasteiger partial charge in [0.25, 0.3) is 0 Å². The van der Waals surface area contributed by atoms with Crippen LogP contribution in [0.3, 0.4) is 0 Å². The molecule has 4 rings (SSSR count). The van der Waals surface area contributed by atoms with Crippen molar-refractivity contribution in [1.29, 1.82) is 0 Å². The number of benzene rings is 1. The molecule has 0 radical (unpaired) electrons. The van der Waals surface area contributed by atoms with Crippen LogP contribution in [-0.2, 0) is 17.6 Å². The highest BCUT2D eigenvalue weighted by molar-refractivity contribution is 8.00. The topological polar surface area (TPSA) is 54.9 Å². The number of hydrogen-bond donors (Lipinski definition) is 1. The number of fused-ring (bicyclic) bond motifs is 3. The Balaban J connectivity index is 1.60. The summed E-state index contributed by atoms with van der Waals surface area (Å²) in [7, 11) is 0. The van der Waals surface area contributed by atoms with Crippen LogP contribution in [0.2, 0.25) is 0 Å². The fourth-order valence-corrected chi connectivity index (χ4v) is 5.53. The first-order valence-electron chi connectivity index (χ1n) is 8.43. The van der Waals surface area contributed by atoms with Crippen molar-refractivity contribution in [2.75, 3.05) is 5.32 Å². The lowest BCUT2D eigenvalue weighted by atomic mass is 10.2. The molecule has 1 aliphatic rings. The van der Waals surface area contributed by atoms with Gasteiger partial charge >= 0.3 is 0 Å². The van der Waals surface area contributed by atoms with Crippen LogP contribution in [0.25, 0.3) is 10.2 Å². The van der Waals surface area contributed by atoms with Crippen molar-refractivity contribution in [3.8, 4) is 0 Å². The van der Waals surface area contributed by atoms with Gasteiger partial charge in [0, 0.05) is 16.0 Å². The molecule has 1 unspecified atom stereocenters. The number of nitrogens with one attached hydrogen (secondary N) is 1. The summed E-state index contributed by atoms with van der Waals surface area (Å²) in [5.74, 6) is 0.762. The summed E-state index contributed by atoms with van der Waals surface area (Å²) in [6.45, 7) is 3.85. The van der Waals surface area contributed by atoms with Crippen LogP contribution in [-0.4, -0.2) is 21.1 Å². The molecule has 25 heavy (non-hydrogen) atoms. The standard InChI is InChI=1S/C19H19N3OS2/c1-11(17(23)22-13-7-4-3-5-8-13)24-18-16-14-9-6-10-15(14)25-19(16)21-12(2)20-18/h3-5,7-8,11H,6,9-10H2,1-2H3,(H,22,23). The quantitative estimate of drug-likeness (QED) is 0.539. The lowest BCUT2D eigenvalue weighted by Gasteiger charge is -2.13. The fraction of sp³-hybridized carbons (Fsp3) is 0.316. The third-order valence-electron chi connectivity index (χ3n) is 4.34. The number of aryl methyl sites for hydroxylation is 3. The van der Waals surface area contributed by atoms with Gasteiger partial charge in [-0.1, -0.05) is 30.0 Å². The monoisotopic (exact) mass is 369 g/mol. The zero-order valence-electron chi connectivity index (χ0n) is 14.2. The summed E-state index contributed by atoms with van der Waals surface area (Å²) >= 11 is 3.32. The van der Waals surface area contributed by atoms with Crippen molar-refractivity contribution >= 4 is 44.9 Å². The zero-order chi connectivity index (χ0) is 17.4. The molecule has 128 valence electrons. The van der Waals surface area contributed by atoms with Crippen molar-refractivity contribution < 1.29 is 4.79 Å². The summed E-state index contributed by atoms with van der Waals surface area (Å²) in [6.07, 6.45) is 3.45. The van der Waals surface area contributed by atoms with Crippen LogP contribution in [0.15, 0.2) is 35.4 Å². The van der Waals surface area contributed by atoms with Crippen LogP contribution in [0, 0.1) is 6.92 Å². The summed E-state index contributed by atoms with van der Waals surface area (Å²) in [4.78, 5) is 24.3. The molecule has 4 nitrogen and oxygen atoms in total. The molecule has 0 bridgehead atoms. The highest BCUT2D eigenvalue weighted by Crippen LogP contribution is 2.41. The molecular weight excluding hydrogens is 350 g/mol. The first kappa shape index (κ1) is 16.5. The van der Waals surface area contributed by atoms with E-state index in [9.17, 15) is 4.79 Å². The van der Waals surface area contributed by atoms with Gasteiger partial charge in [0.05, 0.1) is 5.25 Å². The molecular formula is C19H19N3OS2. The molecule has 0 fully saturated rings. The van der Waals surface area contributed by atoms with E-state index >= 15 is 0 Å². The van der Waals surface area contributed by atoms with E-state index in [0.29, 0.717) is 0 Å². The number of carbonyl (C=O) groups excluding carboxylic acids is 1. The number of thioether (sulfide) groups is 1. The van der Waals surface area contributed by atoms with Crippen molar-refractivity contribution in [3.63, 3.8) is 0 Å². The smallest absolute Gasteiger partial charge is 0.237 e. The maximum absolute atomic E-state index is 12.5. The Morgan fingerprint density at radius 3 is 2.84 bits per heavy atom. The number of anilines is 1. The van der Waals surface area contributed by atoms with E-state index in [2.05, 4.69) is 15.3 Å². The second-order valence-corrected chi connectivity index (χ2v) is 8.64. The zero-order valence-corrected chi connectivity index (χ0v) is 15.8. The average molecular weight is 370 g/mol. The average Bonchev–Trinajstić information content (AvgIpc) is 3.15. The number of carbonyl (C=O) groups is 1. The molecule has 1 atom stereocenters. The Morgan fingerprint density at radius 2 is 2.04 bits per heavy atom. The molecule has 1 amide bonds. The summed E-state index contributed by atoms with van der Waals surface area (Å²) < 4.78 is 0. The van der Waals surface area contributed by atoms with E-state index in [1.807, 2.05) is 44.2 Å². The highest BCUT2D eigenvalue weighted by Gasteiger charge is 2.24. The molecule has 2 heterocycles. The molecule has 2 aromatic heterocycles. The maximum Gasteiger partial charge on any atom is 0.237 e. The second-order valence-electron chi connectivity index (χ2n) is 6.23. The largest absolute Gasteiger partial charge is 0.325 e. The van der Waals surface area contributed by atoms with E-state index in [-0.39, 0.29) is 11.2 Å². The number of nitrogens with zero attached hydrogens (tertiary/aromatic N) is 2. The van der Waals surface area contributed by atoms with Gasteiger partial charge in [-0.15, -0.1) is 11.3 Å². The third-order valence-corrected chi connectivity index (χ3v) is 6.61. The Bertz CT molecular complexity index is 937. The summed E-state index contributed by atoms with van der Waals surface area (Å²) in [5.41, 5.74) is 2.22. The number of thiophene rings is 1. The molecule has 0 aliphatic heterocycles. The van der Waals surface area contributed by atoms with Crippen molar-refractivity contribution in [2.24, 2.45) is 0 Å². The van der Waals surface area contributed by atoms with Crippen LogP contribution in [0.1, 0.15) is 29.6 Å². The molecule has 6 heteroatoms. The lowest BCUT2D eigenvalue weighted by Crippen LogP contribution is -2.22. The van der Waals surface area contributed by atoms with Gasteiger partial charge in [-0.2, -0.15) is 0 Å². The van der Waals surface area contributed by atoms with Gasteiger partial charge in [0.15, 0.2) is 0 Å². The maximum atomic E-state index is 12.5. The molecule has 1 aliphatic carbocycles. The Morgan fingerprint density at radius 1 is 1.24 bits per heavy atom. The van der Waals surface area contributed by atoms with E-state index in [4.69, 9.17) is 0 Å². The van der Waals surface area contributed by atoms with Gasteiger partial charge in [0.2, 0.25) is 5.91 Å². The van der Waals surface area contributed by atoms with Gasteiger partial charge in [0.1, 0.15) is 15.7 Å². The molecule has 1 N–H and O–H groups in total. The Kier molecular flexibility index (Phi) is 4.48. The second kappa shape index (κ2) is 6.77. The van der Waals surface area contributed by atoms with E-state index in [0.717, 1.165) is 34.2 Å². The van der Waals surface area contributed by atoms with Crippen molar-refractivity contribution in [2.45, 2.75) is 43.4 Å². The molecule has 0 saturated heterocycles. The number of hydrogen-bond acceptors (Lipinski definition) is 5. The first-order valence-corrected chi connectivity index (χ1v) is 10.1. The number of para-hydroxylation sites is 1. The predicted molar refractivity (Wildman–Crippen MR) is 105 cm³/mol. The van der Waals surface area contributed by atoms with Gasteiger partial charge in [-0.3, -0.25) is 4.79 Å². The Labute approximate surface area is 155 Å². The van der Waals surface area contributed by atoms with Crippen LogP contribution < -0.4 is 5.32 Å². The van der Waals surface area contributed by atoms with E-state index < -0.39 is 0 Å². The minimum atomic E-state index is -0.227. The number of aromatic nitrogens is 2. The van der Waals surface area contributed by atoms with Gasteiger partial charge in [-0.05, 0) is 50.8 Å². The molecule has 0 spiro atoms. The van der Waals surface area contributed by atoms with Gasteiger partial charge < -0.3 is 5.32 Å². The number of amides is 1. The van der Waals surface area contributed by atoms with Crippen LogP contribution in [0.4, 0.5) is 5.69 Å². The third kappa shape index (κ3) is 3.28. The normalized spacial score (nSPS) is 14.5. The minimum absolute atomic E-state index is 0.00695. The SMILES string of the molecule is Cc1nc(SC(C)C(=O)Nc2ccccc2)c2c3c(sc2n1)CCC3. The van der Waals surface area contributed by atoms with Gasteiger partial charge in [-0.25, -0.2) is 9.97 Å². The van der Waals surface area contributed by atoms with Crippen LogP contribution >= 0.6 is 23.1 Å². The van der Waals surface area contributed by atoms with E-state index in [1.165, 1.54) is 34.0 Å². The first-order chi connectivity index (χ1) is 12.1. The molecule has 3 aromatic rings. The lowest BCUT2D eigenvalue weighted by molar-refractivity contribution is -0.115. The molecule has 0 saturated carbocycles. The number of rotatable bonds is 4. The molecule has 1 aromatic carbocycles.